The summed E-state index contributed by atoms with van der Waals surface area (Å²) in [5, 5.41) is 16.9. The number of primary amides is 1. The van der Waals surface area contributed by atoms with Crippen molar-refractivity contribution in [1.82, 2.24) is 25.9 Å². The molecule has 1 heterocycles. The predicted molar refractivity (Wildman–Crippen MR) is 130 cm³/mol. The second-order valence-corrected chi connectivity index (χ2v) is 9.35. The number of H-pyrrole nitrogens is 1. The highest BCUT2D eigenvalue weighted by atomic mass is 32.2. The topological polar surface area (TPSA) is 222 Å². The number of amides is 4. The number of nitrogens with zero attached hydrogens (tertiary/aromatic N) is 1. The summed E-state index contributed by atoms with van der Waals surface area (Å²) >= 11 is 1.51. The van der Waals surface area contributed by atoms with Crippen LogP contribution in [0.5, 0.6) is 0 Å². The van der Waals surface area contributed by atoms with E-state index in [1.54, 1.807) is 13.8 Å². The van der Waals surface area contributed by atoms with E-state index in [1.807, 2.05) is 6.26 Å². The van der Waals surface area contributed by atoms with Crippen LogP contribution >= 0.6 is 11.8 Å². The van der Waals surface area contributed by atoms with Crippen molar-refractivity contribution in [3.8, 4) is 0 Å². The van der Waals surface area contributed by atoms with Gasteiger partial charge in [0.15, 0.2) is 0 Å². The van der Waals surface area contributed by atoms with Crippen LogP contribution in [0.4, 0.5) is 0 Å². The van der Waals surface area contributed by atoms with Crippen LogP contribution in [0.1, 0.15) is 38.8 Å². The van der Waals surface area contributed by atoms with Gasteiger partial charge in [-0.05, 0) is 30.8 Å². The molecule has 0 fully saturated rings. The number of thioether (sulfide) groups is 1. The minimum atomic E-state index is -1.22. The molecule has 13 nitrogen and oxygen atoms in total. The van der Waals surface area contributed by atoms with Crippen molar-refractivity contribution in [3.05, 3.63) is 18.2 Å². The van der Waals surface area contributed by atoms with Crippen LogP contribution in [0.15, 0.2) is 12.5 Å². The molecule has 1 aromatic rings. The van der Waals surface area contributed by atoms with Crippen molar-refractivity contribution in [1.29, 1.82) is 0 Å². The van der Waals surface area contributed by atoms with Crippen molar-refractivity contribution in [3.63, 3.8) is 0 Å². The third-order valence-corrected chi connectivity index (χ3v) is 5.77. The molecule has 0 aliphatic heterocycles. The average Bonchev–Trinajstić information content (AvgIpc) is 3.30. The number of carbonyl (C=O) groups excluding carboxylic acids is 4. The van der Waals surface area contributed by atoms with Crippen LogP contribution in [0.2, 0.25) is 0 Å². The molecule has 0 aliphatic carbocycles. The Kier molecular flexibility index (Phi) is 12.8. The first kappa shape index (κ1) is 29.9. The van der Waals surface area contributed by atoms with Gasteiger partial charge in [-0.3, -0.25) is 19.2 Å². The van der Waals surface area contributed by atoms with Gasteiger partial charge >= 0.3 is 5.97 Å². The minimum Gasteiger partial charge on any atom is -0.480 e. The van der Waals surface area contributed by atoms with Gasteiger partial charge in [0.05, 0.1) is 12.4 Å². The zero-order valence-corrected chi connectivity index (χ0v) is 20.9. The first-order chi connectivity index (χ1) is 16.5. The fraction of sp³-hybridized carbons (Fsp3) is 0.619. The number of carbonyl (C=O) groups is 5. The molecule has 0 radical (unpaired) electrons. The van der Waals surface area contributed by atoms with Gasteiger partial charge in [0, 0.05) is 24.7 Å². The molecule has 4 unspecified atom stereocenters. The van der Waals surface area contributed by atoms with Gasteiger partial charge in [0.25, 0.3) is 0 Å². The van der Waals surface area contributed by atoms with Crippen molar-refractivity contribution in [2.75, 3.05) is 12.0 Å². The molecule has 14 heteroatoms. The van der Waals surface area contributed by atoms with Gasteiger partial charge in [0.1, 0.15) is 18.1 Å². The van der Waals surface area contributed by atoms with Crippen LogP contribution in [0.25, 0.3) is 0 Å². The van der Waals surface area contributed by atoms with Crippen LogP contribution in [0, 0.1) is 5.92 Å². The maximum Gasteiger partial charge on any atom is 0.326 e. The summed E-state index contributed by atoms with van der Waals surface area (Å²) in [4.78, 5) is 68.0. The Morgan fingerprint density at radius 1 is 1.06 bits per heavy atom. The number of aromatic nitrogens is 2. The Morgan fingerprint density at radius 3 is 2.20 bits per heavy atom. The number of carboxylic acids is 1. The summed E-state index contributed by atoms with van der Waals surface area (Å²) in [7, 11) is 0. The first-order valence-corrected chi connectivity index (χ1v) is 12.5. The van der Waals surface area contributed by atoms with E-state index < -0.39 is 59.7 Å². The lowest BCUT2D eigenvalue weighted by molar-refractivity contribution is -0.143. The van der Waals surface area contributed by atoms with Crippen LogP contribution in [0.3, 0.4) is 0 Å². The summed E-state index contributed by atoms with van der Waals surface area (Å²) < 4.78 is 0. The van der Waals surface area contributed by atoms with Crippen molar-refractivity contribution < 1.29 is 29.1 Å². The largest absolute Gasteiger partial charge is 0.480 e. The number of carboxylic acid groups (broad SMARTS) is 1. The van der Waals surface area contributed by atoms with E-state index in [9.17, 15) is 29.1 Å². The van der Waals surface area contributed by atoms with Gasteiger partial charge in [-0.1, -0.05) is 13.8 Å². The number of hydrogen-bond acceptors (Lipinski definition) is 8. The molecular formula is C21H35N7O6S. The van der Waals surface area contributed by atoms with Gasteiger partial charge in [-0.2, -0.15) is 11.8 Å². The lowest BCUT2D eigenvalue weighted by atomic mass is 10.0. The molecular weight excluding hydrogens is 478 g/mol. The molecule has 4 amide bonds. The second-order valence-electron chi connectivity index (χ2n) is 8.36. The summed E-state index contributed by atoms with van der Waals surface area (Å²) in [6.07, 6.45) is 4.79. The molecule has 1 aromatic heterocycles. The van der Waals surface area contributed by atoms with E-state index in [1.165, 1.54) is 24.3 Å². The predicted octanol–water partition coefficient (Wildman–Crippen LogP) is -1.51. The van der Waals surface area contributed by atoms with Gasteiger partial charge < -0.3 is 37.5 Å². The fourth-order valence-electron chi connectivity index (χ4n) is 3.08. The molecule has 0 bridgehead atoms. The highest BCUT2D eigenvalue weighted by molar-refractivity contribution is 7.98. The Balaban J connectivity index is 3.06. The summed E-state index contributed by atoms with van der Waals surface area (Å²) in [5.74, 6) is -3.71. The van der Waals surface area contributed by atoms with Crippen LogP contribution in [-0.2, 0) is 30.4 Å². The number of aromatic amines is 1. The maximum absolute atomic E-state index is 13.1. The maximum atomic E-state index is 13.1. The van der Waals surface area contributed by atoms with Crippen molar-refractivity contribution >= 4 is 41.4 Å². The van der Waals surface area contributed by atoms with E-state index in [-0.39, 0.29) is 19.3 Å². The number of aliphatic carboxylic acids is 1. The van der Waals surface area contributed by atoms with Gasteiger partial charge in [-0.25, -0.2) is 9.78 Å². The molecule has 196 valence electrons. The second kappa shape index (κ2) is 15.0. The zero-order valence-electron chi connectivity index (χ0n) is 20.1. The smallest absolute Gasteiger partial charge is 0.326 e. The molecule has 0 aromatic carbocycles. The Morgan fingerprint density at radius 2 is 1.69 bits per heavy atom. The highest BCUT2D eigenvalue weighted by Gasteiger charge is 2.31. The van der Waals surface area contributed by atoms with Crippen LogP contribution in [-0.4, -0.2) is 80.8 Å². The van der Waals surface area contributed by atoms with Crippen molar-refractivity contribution in [2.24, 2.45) is 17.4 Å². The number of nitrogens with two attached hydrogens (primary N) is 2. The molecule has 0 saturated carbocycles. The SMILES string of the molecule is CSCCC(N)C(=O)NC(CCC(N)=O)C(=O)NC(Cc1cnc[nH]1)C(=O)NC(C(=O)O)C(C)C. The van der Waals surface area contributed by atoms with Crippen LogP contribution < -0.4 is 27.4 Å². The van der Waals surface area contributed by atoms with E-state index in [2.05, 4.69) is 25.9 Å². The van der Waals surface area contributed by atoms with E-state index in [0.29, 0.717) is 17.9 Å². The molecule has 0 aliphatic rings. The zero-order chi connectivity index (χ0) is 26.5. The summed E-state index contributed by atoms with van der Waals surface area (Å²) in [6, 6.07) is -4.42. The molecule has 1 rings (SSSR count). The lowest BCUT2D eigenvalue weighted by Crippen LogP contribution is -2.58. The van der Waals surface area contributed by atoms with Gasteiger partial charge in [-0.15, -0.1) is 0 Å². The molecule has 9 N–H and O–H groups in total. The number of hydrogen-bond donors (Lipinski definition) is 7. The monoisotopic (exact) mass is 513 g/mol. The first-order valence-electron chi connectivity index (χ1n) is 11.1. The fourth-order valence-corrected chi connectivity index (χ4v) is 3.56. The Hall–Kier alpha value is -3.13. The number of imidazole rings is 1. The molecule has 0 spiro atoms. The highest BCUT2D eigenvalue weighted by Crippen LogP contribution is 2.07. The van der Waals surface area contributed by atoms with E-state index >= 15 is 0 Å². The standard InChI is InChI=1S/C21H35N7O6S/c1-11(2)17(21(33)34)28-20(32)15(8-12-9-24-10-25-12)27-19(31)14(4-5-16(23)29)26-18(30)13(22)6-7-35-3/h9-11,13-15,17H,4-8,22H2,1-3H3,(H2,23,29)(H,24,25)(H,26,30)(H,27,31)(H,28,32)(H,33,34). The van der Waals surface area contributed by atoms with E-state index in [0.717, 1.165) is 0 Å². The summed E-state index contributed by atoms with van der Waals surface area (Å²) in [6.45, 7) is 3.27. The molecule has 4 atom stereocenters. The Bertz CT molecular complexity index is 864. The van der Waals surface area contributed by atoms with E-state index in [4.69, 9.17) is 11.5 Å². The summed E-state index contributed by atoms with van der Waals surface area (Å²) in [5.41, 5.74) is 11.6. The van der Waals surface area contributed by atoms with Gasteiger partial charge in [0.2, 0.25) is 23.6 Å². The minimum absolute atomic E-state index is 0.0221. The quantitative estimate of drug-likeness (QED) is 0.136. The number of nitrogens with one attached hydrogen (secondary N) is 4. The third kappa shape index (κ3) is 10.8. The molecule has 35 heavy (non-hydrogen) atoms. The average molecular weight is 514 g/mol. The van der Waals surface area contributed by atoms with Crippen molar-refractivity contribution in [2.45, 2.75) is 63.7 Å². The molecule has 0 saturated heterocycles. The normalized spacial score (nSPS) is 14.4. The third-order valence-electron chi connectivity index (χ3n) is 5.12. The lowest BCUT2D eigenvalue weighted by Gasteiger charge is -2.25. The number of rotatable bonds is 16. The Labute approximate surface area is 207 Å².